The maximum Gasteiger partial charge on any atom is 0.227 e. The molecule has 0 amide bonds. The molecule has 2 rings (SSSR count). The van der Waals surface area contributed by atoms with Crippen molar-refractivity contribution in [3.63, 3.8) is 0 Å². The molecule has 1 aromatic heterocycles. The smallest absolute Gasteiger partial charge is 0.227 e. The molecule has 18 heavy (non-hydrogen) atoms. The summed E-state index contributed by atoms with van der Waals surface area (Å²) in [7, 11) is 1.51. The van der Waals surface area contributed by atoms with Crippen molar-refractivity contribution in [3.8, 4) is 17.5 Å². The number of hydrogen-bond donors (Lipinski definition) is 1. The molecule has 1 heterocycles. The van der Waals surface area contributed by atoms with Crippen LogP contribution in [0, 0.1) is 6.92 Å². The largest absolute Gasteiger partial charge is 0.481 e. The number of nitrogens with two attached hydrogens (primary N) is 1. The Labute approximate surface area is 113 Å². The molecule has 0 spiro atoms. The highest BCUT2D eigenvalue weighted by Gasteiger charge is 2.07. The minimum absolute atomic E-state index is 0.110. The molecule has 0 aliphatic carbocycles. The lowest BCUT2D eigenvalue weighted by Gasteiger charge is -2.09. The van der Waals surface area contributed by atoms with E-state index in [4.69, 9.17) is 15.2 Å². The molecule has 0 fully saturated rings. The molecule has 0 unspecified atom stereocenters. The van der Waals surface area contributed by atoms with E-state index >= 15 is 0 Å². The summed E-state index contributed by atoms with van der Waals surface area (Å²) >= 11 is 3.39. The molecule has 0 radical (unpaired) electrons. The van der Waals surface area contributed by atoms with Crippen LogP contribution in [0.2, 0.25) is 0 Å². The highest BCUT2D eigenvalue weighted by atomic mass is 79.9. The van der Waals surface area contributed by atoms with E-state index in [9.17, 15) is 0 Å². The van der Waals surface area contributed by atoms with Gasteiger partial charge in [-0.15, -0.1) is 0 Å². The molecule has 2 aromatic rings. The molecular weight excluding hydrogens is 298 g/mol. The Balaban J connectivity index is 2.30. The summed E-state index contributed by atoms with van der Waals surface area (Å²) < 4.78 is 11.7. The van der Waals surface area contributed by atoms with Gasteiger partial charge < -0.3 is 15.2 Å². The van der Waals surface area contributed by atoms with Gasteiger partial charge in [-0.3, -0.25) is 0 Å². The fraction of sp³-hybridized carbons (Fsp3) is 0.167. The summed E-state index contributed by atoms with van der Waals surface area (Å²) in [6, 6.07) is 7.28. The normalized spacial score (nSPS) is 10.2. The SMILES string of the molecule is COc1cc(Oc2ccc(Br)cc2C)nc(N)n1. The van der Waals surface area contributed by atoms with Gasteiger partial charge in [0.15, 0.2) is 0 Å². The van der Waals surface area contributed by atoms with Gasteiger partial charge in [-0.2, -0.15) is 9.97 Å². The molecule has 6 heteroatoms. The molecule has 2 N–H and O–H groups in total. The number of anilines is 1. The quantitative estimate of drug-likeness (QED) is 0.944. The Kier molecular flexibility index (Phi) is 3.66. The van der Waals surface area contributed by atoms with Crippen LogP contribution in [-0.2, 0) is 0 Å². The van der Waals surface area contributed by atoms with Crippen molar-refractivity contribution in [1.29, 1.82) is 0 Å². The van der Waals surface area contributed by atoms with E-state index in [2.05, 4.69) is 25.9 Å². The van der Waals surface area contributed by atoms with Gasteiger partial charge in [-0.1, -0.05) is 15.9 Å². The Bertz CT molecular complexity index is 575. The van der Waals surface area contributed by atoms with Crippen LogP contribution in [0.5, 0.6) is 17.5 Å². The van der Waals surface area contributed by atoms with E-state index < -0.39 is 0 Å². The number of aryl methyl sites for hydroxylation is 1. The van der Waals surface area contributed by atoms with Crippen LogP contribution in [0.3, 0.4) is 0 Å². The van der Waals surface area contributed by atoms with Crippen LogP contribution in [0.25, 0.3) is 0 Å². The van der Waals surface area contributed by atoms with Crippen molar-refractivity contribution < 1.29 is 9.47 Å². The number of benzene rings is 1. The predicted molar refractivity (Wildman–Crippen MR) is 71.9 cm³/mol. The number of ether oxygens (including phenoxy) is 2. The minimum Gasteiger partial charge on any atom is -0.481 e. The predicted octanol–water partition coefficient (Wildman–Crippen LogP) is 2.93. The van der Waals surface area contributed by atoms with Crippen LogP contribution in [0.15, 0.2) is 28.7 Å². The highest BCUT2D eigenvalue weighted by molar-refractivity contribution is 9.10. The van der Waals surface area contributed by atoms with Crippen LogP contribution in [0.4, 0.5) is 5.95 Å². The lowest BCUT2D eigenvalue weighted by atomic mass is 10.2. The lowest BCUT2D eigenvalue weighted by molar-refractivity contribution is 0.389. The van der Waals surface area contributed by atoms with Gasteiger partial charge in [-0.05, 0) is 30.7 Å². The van der Waals surface area contributed by atoms with Gasteiger partial charge >= 0.3 is 0 Å². The molecule has 0 bridgehead atoms. The van der Waals surface area contributed by atoms with Gasteiger partial charge in [0.25, 0.3) is 0 Å². The maximum atomic E-state index is 5.66. The molecule has 0 aliphatic heterocycles. The van der Waals surface area contributed by atoms with Gasteiger partial charge in [0.1, 0.15) is 5.75 Å². The molecule has 0 atom stereocenters. The molecule has 94 valence electrons. The van der Waals surface area contributed by atoms with E-state index in [0.29, 0.717) is 17.5 Å². The summed E-state index contributed by atoms with van der Waals surface area (Å²) in [5.74, 6) is 1.54. The van der Waals surface area contributed by atoms with Crippen LogP contribution < -0.4 is 15.2 Å². The van der Waals surface area contributed by atoms with Crippen molar-refractivity contribution in [2.75, 3.05) is 12.8 Å². The number of methoxy groups -OCH3 is 1. The number of halogens is 1. The first kappa shape index (κ1) is 12.6. The first-order chi connectivity index (χ1) is 8.58. The van der Waals surface area contributed by atoms with Gasteiger partial charge in [0, 0.05) is 4.47 Å². The third-order valence-electron chi connectivity index (χ3n) is 2.26. The number of rotatable bonds is 3. The number of aromatic nitrogens is 2. The zero-order chi connectivity index (χ0) is 13.1. The van der Waals surface area contributed by atoms with Crippen molar-refractivity contribution in [2.24, 2.45) is 0 Å². The highest BCUT2D eigenvalue weighted by Crippen LogP contribution is 2.27. The van der Waals surface area contributed by atoms with Crippen LogP contribution in [0.1, 0.15) is 5.56 Å². The lowest BCUT2D eigenvalue weighted by Crippen LogP contribution is -2.00. The van der Waals surface area contributed by atoms with Crippen molar-refractivity contribution in [3.05, 3.63) is 34.3 Å². The minimum atomic E-state index is 0.110. The van der Waals surface area contributed by atoms with Crippen LogP contribution >= 0.6 is 15.9 Å². The number of hydrogen-bond acceptors (Lipinski definition) is 5. The zero-order valence-corrected chi connectivity index (χ0v) is 11.6. The Morgan fingerprint density at radius 3 is 2.56 bits per heavy atom. The summed E-state index contributed by atoms with van der Waals surface area (Å²) in [5.41, 5.74) is 6.55. The van der Waals surface area contributed by atoms with Gasteiger partial charge in [-0.25, -0.2) is 0 Å². The average Bonchev–Trinajstić information content (AvgIpc) is 2.32. The zero-order valence-electron chi connectivity index (χ0n) is 9.98. The molecule has 0 saturated heterocycles. The average molecular weight is 310 g/mol. The van der Waals surface area contributed by atoms with Crippen molar-refractivity contribution in [2.45, 2.75) is 6.92 Å². The summed E-state index contributed by atoms with van der Waals surface area (Å²) in [6.07, 6.45) is 0. The third kappa shape index (κ3) is 2.89. The van der Waals surface area contributed by atoms with E-state index in [0.717, 1.165) is 10.0 Å². The number of nitrogen functional groups attached to an aromatic ring is 1. The third-order valence-corrected chi connectivity index (χ3v) is 2.75. The van der Waals surface area contributed by atoms with E-state index in [1.165, 1.54) is 7.11 Å². The van der Waals surface area contributed by atoms with E-state index in [1.807, 2.05) is 25.1 Å². The Hall–Kier alpha value is -1.82. The van der Waals surface area contributed by atoms with Crippen LogP contribution in [-0.4, -0.2) is 17.1 Å². The maximum absolute atomic E-state index is 5.66. The monoisotopic (exact) mass is 309 g/mol. The molecule has 5 nitrogen and oxygen atoms in total. The first-order valence-electron chi connectivity index (χ1n) is 5.21. The Morgan fingerprint density at radius 2 is 1.89 bits per heavy atom. The van der Waals surface area contributed by atoms with Crippen molar-refractivity contribution >= 4 is 21.9 Å². The second-order valence-electron chi connectivity index (χ2n) is 3.62. The standard InChI is InChI=1S/C12H12BrN3O2/c1-7-5-8(13)3-4-9(7)18-11-6-10(17-2)15-12(14)16-11/h3-6H,1-2H3,(H2,14,15,16). The van der Waals surface area contributed by atoms with Gasteiger partial charge in [0.2, 0.25) is 17.7 Å². The fourth-order valence-corrected chi connectivity index (χ4v) is 1.89. The summed E-state index contributed by atoms with van der Waals surface area (Å²) in [6.45, 7) is 1.95. The van der Waals surface area contributed by atoms with Crippen molar-refractivity contribution in [1.82, 2.24) is 9.97 Å². The summed E-state index contributed by atoms with van der Waals surface area (Å²) in [5, 5.41) is 0. The molecular formula is C12H12BrN3O2. The summed E-state index contributed by atoms with van der Waals surface area (Å²) in [4.78, 5) is 7.88. The van der Waals surface area contributed by atoms with E-state index in [-0.39, 0.29) is 5.95 Å². The van der Waals surface area contributed by atoms with E-state index in [1.54, 1.807) is 6.07 Å². The van der Waals surface area contributed by atoms with Gasteiger partial charge in [0.05, 0.1) is 13.2 Å². The Morgan fingerprint density at radius 1 is 1.17 bits per heavy atom. The second-order valence-corrected chi connectivity index (χ2v) is 4.53. The molecule has 0 saturated carbocycles. The first-order valence-corrected chi connectivity index (χ1v) is 6.00. The number of nitrogens with zero attached hydrogens (tertiary/aromatic N) is 2. The molecule has 1 aromatic carbocycles. The molecule has 0 aliphatic rings. The fourth-order valence-electron chi connectivity index (χ4n) is 1.42. The second kappa shape index (κ2) is 5.22. The topological polar surface area (TPSA) is 70.3 Å².